The Kier molecular flexibility index (Phi) is 5.19. The molecule has 154 valence electrons. The van der Waals surface area contributed by atoms with Crippen LogP contribution < -0.4 is 0 Å². The Bertz CT molecular complexity index is 897. The summed E-state index contributed by atoms with van der Waals surface area (Å²) in [5, 5.41) is 1.22. The topological polar surface area (TPSA) is 33.4 Å². The SMILES string of the molecule is CCC1CSC2=NC(c3ccccn3)C(c3cc(C)n(C4CCCCC4)c3C)N21. The summed E-state index contributed by atoms with van der Waals surface area (Å²) in [6, 6.07) is 10.3. The summed E-state index contributed by atoms with van der Waals surface area (Å²) in [6.07, 6.45) is 9.85. The van der Waals surface area contributed by atoms with Gasteiger partial charge in [-0.15, -0.1) is 0 Å². The van der Waals surface area contributed by atoms with Gasteiger partial charge in [-0.3, -0.25) is 9.98 Å². The predicted octanol–water partition coefficient (Wildman–Crippen LogP) is 5.98. The van der Waals surface area contributed by atoms with Crippen molar-refractivity contribution in [1.82, 2.24) is 14.5 Å². The van der Waals surface area contributed by atoms with E-state index in [1.165, 1.54) is 60.6 Å². The number of hydrogen-bond acceptors (Lipinski definition) is 4. The highest BCUT2D eigenvalue weighted by molar-refractivity contribution is 8.14. The van der Waals surface area contributed by atoms with Gasteiger partial charge in [0.2, 0.25) is 0 Å². The molecule has 0 aromatic carbocycles. The van der Waals surface area contributed by atoms with Gasteiger partial charge in [-0.05, 0) is 56.9 Å². The van der Waals surface area contributed by atoms with Gasteiger partial charge in [0.25, 0.3) is 0 Å². The molecule has 3 aliphatic rings. The van der Waals surface area contributed by atoms with Crippen LogP contribution in [0.1, 0.15) is 86.2 Å². The maximum absolute atomic E-state index is 5.20. The molecule has 1 aliphatic carbocycles. The standard InChI is InChI=1S/C24H32N4S/c1-4-18-15-29-24-26-22(21-12-8-9-13-25-21)23(28(18)24)20-14-16(2)27(17(20)3)19-10-6-5-7-11-19/h8-9,12-14,18-19,22-23H,4-7,10-11,15H2,1-3H3. The van der Waals surface area contributed by atoms with E-state index in [0.717, 1.165) is 11.4 Å². The van der Waals surface area contributed by atoms with Crippen molar-refractivity contribution in [2.75, 3.05) is 5.75 Å². The molecule has 2 aromatic heterocycles. The lowest BCUT2D eigenvalue weighted by Crippen LogP contribution is -2.35. The van der Waals surface area contributed by atoms with E-state index in [2.05, 4.69) is 48.4 Å². The first-order chi connectivity index (χ1) is 14.2. The van der Waals surface area contributed by atoms with Gasteiger partial charge in [-0.1, -0.05) is 44.0 Å². The summed E-state index contributed by atoms with van der Waals surface area (Å²) < 4.78 is 2.64. The Balaban J connectivity index is 1.58. The van der Waals surface area contributed by atoms with Crippen molar-refractivity contribution in [2.45, 2.75) is 83.5 Å². The summed E-state index contributed by atoms with van der Waals surface area (Å²) in [7, 11) is 0. The van der Waals surface area contributed by atoms with Crippen molar-refractivity contribution in [3.05, 3.63) is 53.1 Å². The number of hydrogen-bond donors (Lipinski definition) is 0. The molecule has 0 bridgehead atoms. The fourth-order valence-corrected chi connectivity index (χ4v) is 7.03. The summed E-state index contributed by atoms with van der Waals surface area (Å²) in [5.74, 6) is 1.15. The number of amidine groups is 1. The second-order valence-electron chi connectivity index (χ2n) is 8.82. The van der Waals surface area contributed by atoms with E-state index in [1.54, 1.807) is 0 Å². The van der Waals surface area contributed by atoms with E-state index in [9.17, 15) is 0 Å². The minimum atomic E-state index is 0.0911. The minimum absolute atomic E-state index is 0.0911. The van der Waals surface area contributed by atoms with Crippen LogP contribution in [0.5, 0.6) is 0 Å². The van der Waals surface area contributed by atoms with Crippen molar-refractivity contribution in [1.29, 1.82) is 0 Å². The quantitative estimate of drug-likeness (QED) is 0.623. The molecule has 0 spiro atoms. The maximum Gasteiger partial charge on any atom is 0.160 e. The number of rotatable bonds is 4. The molecule has 0 N–H and O–H groups in total. The van der Waals surface area contributed by atoms with Crippen molar-refractivity contribution < 1.29 is 0 Å². The molecule has 3 atom stereocenters. The van der Waals surface area contributed by atoms with Crippen LogP contribution in [0.3, 0.4) is 0 Å². The van der Waals surface area contributed by atoms with E-state index in [0.29, 0.717) is 12.1 Å². The zero-order valence-corrected chi connectivity index (χ0v) is 18.7. The molecule has 2 fully saturated rings. The van der Waals surface area contributed by atoms with Crippen LogP contribution in [-0.4, -0.2) is 31.4 Å². The smallest absolute Gasteiger partial charge is 0.160 e. The van der Waals surface area contributed by atoms with Crippen molar-refractivity contribution in [3.63, 3.8) is 0 Å². The fraction of sp³-hybridized carbons (Fsp3) is 0.583. The third kappa shape index (κ3) is 3.22. The van der Waals surface area contributed by atoms with Gasteiger partial charge < -0.3 is 9.47 Å². The van der Waals surface area contributed by atoms with E-state index >= 15 is 0 Å². The molecule has 0 amide bonds. The zero-order valence-electron chi connectivity index (χ0n) is 17.8. The molecule has 4 nitrogen and oxygen atoms in total. The number of nitrogens with zero attached hydrogens (tertiary/aromatic N) is 4. The Morgan fingerprint density at radius 3 is 2.69 bits per heavy atom. The van der Waals surface area contributed by atoms with Gasteiger partial charge in [0.05, 0.1) is 11.7 Å². The van der Waals surface area contributed by atoms with Crippen LogP contribution >= 0.6 is 11.8 Å². The number of aromatic nitrogens is 2. The van der Waals surface area contributed by atoms with Crippen molar-refractivity contribution in [2.24, 2.45) is 4.99 Å². The Labute approximate surface area is 178 Å². The zero-order chi connectivity index (χ0) is 20.0. The van der Waals surface area contributed by atoms with Gasteiger partial charge in [-0.25, -0.2) is 0 Å². The highest BCUT2D eigenvalue weighted by atomic mass is 32.2. The summed E-state index contributed by atoms with van der Waals surface area (Å²) >= 11 is 1.93. The minimum Gasteiger partial charge on any atom is -0.346 e. The lowest BCUT2D eigenvalue weighted by molar-refractivity contribution is 0.253. The molecule has 3 unspecified atom stereocenters. The molecular weight excluding hydrogens is 376 g/mol. The molecule has 29 heavy (non-hydrogen) atoms. The summed E-state index contributed by atoms with van der Waals surface area (Å²) in [6.45, 7) is 6.95. The number of fused-ring (bicyclic) bond motifs is 1. The average Bonchev–Trinajstić information content (AvgIpc) is 3.40. The maximum atomic E-state index is 5.20. The number of thioether (sulfide) groups is 1. The average molecular weight is 409 g/mol. The van der Waals surface area contributed by atoms with Crippen LogP contribution in [0.25, 0.3) is 0 Å². The third-order valence-electron chi connectivity index (χ3n) is 7.11. The molecule has 5 rings (SSSR count). The number of aryl methyl sites for hydroxylation is 1. The Morgan fingerprint density at radius 1 is 1.14 bits per heavy atom. The van der Waals surface area contributed by atoms with Gasteiger partial charge in [-0.2, -0.15) is 0 Å². The fourth-order valence-electron chi connectivity index (χ4n) is 5.69. The van der Waals surface area contributed by atoms with Crippen LogP contribution in [0.15, 0.2) is 35.5 Å². The molecular formula is C24H32N4S. The van der Waals surface area contributed by atoms with E-state index in [4.69, 9.17) is 9.98 Å². The highest BCUT2D eigenvalue weighted by Gasteiger charge is 2.46. The number of aliphatic imine (C=N–C) groups is 1. The monoisotopic (exact) mass is 408 g/mol. The second-order valence-corrected chi connectivity index (χ2v) is 9.81. The lowest BCUT2D eigenvalue weighted by atomic mass is 9.94. The van der Waals surface area contributed by atoms with Gasteiger partial charge in [0, 0.05) is 35.4 Å². The predicted molar refractivity (Wildman–Crippen MR) is 122 cm³/mol. The first kappa shape index (κ1) is 19.2. The van der Waals surface area contributed by atoms with Crippen LogP contribution in [0.4, 0.5) is 0 Å². The number of pyridine rings is 1. The Morgan fingerprint density at radius 2 is 1.97 bits per heavy atom. The Hall–Kier alpha value is -1.75. The van der Waals surface area contributed by atoms with Gasteiger partial charge in [0.1, 0.15) is 6.04 Å². The molecule has 5 heteroatoms. The first-order valence-electron chi connectivity index (χ1n) is 11.3. The second kappa shape index (κ2) is 7.82. The molecule has 2 aliphatic heterocycles. The largest absolute Gasteiger partial charge is 0.346 e. The molecule has 0 radical (unpaired) electrons. The van der Waals surface area contributed by atoms with Crippen LogP contribution in [0, 0.1) is 13.8 Å². The van der Waals surface area contributed by atoms with E-state index < -0.39 is 0 Å². The van der Waals surface area contributed by atoms with Gasteiger partial charge >= 0.3 is 0 Å². The van der Waals surface area contributed by atoms with Crippen LogP contribution in [-0.2, 0) is 0 Å². The van der Waals surface area contributed by atoms with Crippen molar-refractivity contribution in [3.8, 4) is 0 Å². The molecule has 2 aromatic rings. The molecule has 4 heterocycles. The third-order valence-corrected chi connectivity index (χ3v) is 8.24. The summed E-state index contributed by atoms with van der Waals surface area (Å²) in [4.78, 5) is 12.5. The lowest BCUT2D eigenvalue weighted by Gasteiger charge is -2.32. The normalized spacial score (nSPS) is 27.3. The molecule has 1 saturated heterocycles. The van der Waals surface area contributed by atoms with E-state index in [1.807, 2.05) is 24.0 Å². The van der Waals surface area contributed by atoms with Crippen molar-refractivity contribution >= 4 is 16.9 Å². The van der Waals surface area contributed by atoms with E-state index in [-0.39, 0.29) is 12.1 Å². The molecule has 1 saturated carbocycles. The highest BCUT2D eigenvalue weighted by Crippen LogP contribution is 2.50. The summed E-state index contributed by atoms with van der Waals surface area (Å²) in [5.41, 5.74) is 5.42. The first-order valence-corrected chi connectivity index (χ1v) is 12.3. The van der Waals surface area contributed by atoms with Crippen LogP contribution in [0.2, 0.25) is 0 Å². The van der Waals surface area contributed by atoms with Gasteiger partial charge in [0.15, 0.2) is 5.17 Å².